The summed E-state index contributed by atoms with van der Waals surface area (Å²) in [5.74, 6) is -3.06. The number of carbonyl (C=O) groups is 2. The smallest absolute Gasteiger partial charge is 0.243 e. The minimum absolute atomic E-state index is 0.0455. The number of nitrogens with zero attached hydrogens (tertiary/aromatic N) is 3. The van der Waals surface area contributed by atoms with Crippen molar-refractivity contribution in [3.8, 4) is 5.69 Å². The van der Waals surface area contributed by atoms with E-state index in [1.165, 1.54) is 6.07 Å². The summed E-state index contributed by atoms with van der Waals surface area (Å²) in [6.07, 6.45) is -0.0455. The zero-order valence-electron chi connectivity index (χ0n) is 15.9. The van der Waals surface area contributed by atoms with Gasteiger partial charge in [0.1, 0.15) is 0 Å². The maximum atomic E-state index is 13.2. The highest BCUT2D eigenvalue weighted by atomic mass is 19.2. The second-order valence-electron chi connectivity index (χ2n) is 6.50. The Kier molecular flexibility index (Phi) is 5.96. The molecule has 150 valence electrons. The van der Waals surface area contributed by atoms with E-state index < -0.39 is 23.4 Å². The summed E-state index contributed by atoms with van der Waals surface area (Å²) in [5.41, 5.74) is 3.25. The number of amides is 2. The van der Waals surface area contributed by atoms with Crippen LogP contribution < -0.4 is 10.6 Å². The first-order chi connectivity index (χ1) is 13.8. The summed E-state index contributed by atoms with van der Waals surface area (Å²) >= 11 is 0. The first kappa shape index (κ1) is 20.1. The van der Waals surface area contributed by atoms with Gasteiger partial charge in [-0.15, -0.1) is 5.10 Å². The van der Waals surface area contributed by atoms with Crippen LogP contribution in [0.2, 0.25) is 0 Å². The molecule has 0 bridgehead atoms. The Hall–Kier alpha value is -3.62. The SMILES string of the molecule is Cc1ccc(-n2nnc(CC(=O)NCC(=O)Nc3ccc(F)c(F)c3)c2C)cc1. The number of aryl methyl sites for hydroxylation is 1. The van der Waals surface area contributed by atoms with E-state index in [0.717, 1.165) is 29.1 Å². The van der Waals surface area contributed by atoms with Crippen molar-refractivity contribution >= 4 is 17.5 Å². The van der Waals surface area contributed by atoms with Crippen LogP contribution in [0.15, 0.2) is 42.5 Å². The van der Waals surface area contributed by atoms with Crippen LogP contribution >= 0.6 is 0 Å². The molecule has 0 radical (unpaired) electrons. The van der Waals surface area contributed by atoms with Gasteiger partial charge < -0.3 is 10.6 Å². The second kappa shape index (κ2) is 8.59. The van der Waals surface area contributed by atoms with Crippen LogP contribution in [0.3, 0.4) is 0 Å². The van der Waals surface area contributed by atoms with E-state index in [0.29, 0.717) is 5.69 Å². The van der Waals surface area contributed by atoms with Gasteiger partial charge in [-0.25, -0.2) is 13.5 Å². The van der Waals surface area contributed by atoms with Crippen molar-refractivity contribution in [2.45, 2.75) is 20.3 Å². The van der Waals surface area contributed by atoms with E-state index in [2.05, 4.69) is 20.9 Å². The summed E-state index contributed by atoms with van der Waals surface area (Å²) in [6.45, 7) is 3.47. The molecule has 1 aromatic heterocycles. The number of benzene rings is 2. The number of nitrogens with one attached hydrogen (secondary N) is 2. The van der Waals surface area contributed by atoms with Crippen LogP contribution in [0.1, 0.15) is 17.0 Å². The zero-order valence-corrected chi connectivity index (χ0v) is 15.9. The van der Waals surface area contributed by atoms with Crippen LogP contribution in [0.4, 0.5) is 14.5 Å². The number of halogens is 2. The normalized spacial score (nSPS) is 10.6. The van der Waals surface area contributed by atoms with Crippen molar-refractivity contribution in [3.05, 3.63) is 71.1 Å². The lowest BCUT2D eigenvalue weighted by Gasteiger charge is -2.07. The fraction of sp³-hybridized carbons (Fsp3) is 0.200. The predicted octanol–water partition coefficient (Wildman–Crippen LogP) is 2.46. The van der Waals surface area contributed by atoms with Gasteiger partial charge in [-0.1, -0.05) is 22.9 Å². The monoisotopic (exact) mass is 399 g/mol. The minimum Gasteiger partial charge on any atom is -0.347 e. The molecular weight excluding hydrogens is 380 g/mol. The highest BCUT2D eigenvalue weighted by Gasteiger charge is 2.15. The molecule has 0 aliphatic carbocycles. The van der Waals surface area contributed by atoms with Crippen LogP contribution in [0, 0.1) is 25.5 Å². The van der Waals surface area contributed by atoms with Crippen molar-refractivity contribution in [2.75, 3.05) is 11.9 Å². The summed E-state index contributed by atoms with van der Waals surface area (Å²) < 4.78 is 27.7. The number of rotatable bonds is 6. The second-order valence-corrected chi connectivity index (χ2v) is 6.50. The predicted molar refractivity (Wildman–Crippen MR) is 103 cm³/mol. The van der Waals surface area contributed by atoms with Gasteiger partial charge in [0, 0.05) is 11.8 Å². The van der Waals surface area contributed by atoms with Gasteiger partial charge in [-0.2, -0.15) is 0 Å². The molecule has 2 aromatic carbocycles. The molecule has 7 nitrogen and oxygen atoms in total. The maximum Gasteiger partial charge on any atom is 0.243 e. The van der Waals surface area contributed by atoms with Gasteiger partial charge >= 0.3 is 0 Å². The number of aromatic nitrogens is 3. The molecule has 1 heterocycles. The molecular formula is C20H19F2N5O2. The molecule has 0 saturated carbocycles. The number of hydrogen-bond acceptors (Lipinski definition) is 4. The molecule has 0 aliphatic heterocycles. The summed E-state index contributed by atoms with van der Waals surface area (Å²) in [7, 11) is 0. The number of anilines is 1. The molecule has 2 amide bonds. The number of hydrogen-bond donors (Lipinski definition) is 2. The number of carbonyl (C=O) groups excluding carboxylic acids is 2. The van der Waals surface area contributed by atoms with E-state index >= 15 is 0 Å². The lowest BCUT2D eigenvalue weighted by Crippen LogP contribution is -2.34. The average molecular weight is 399 g/mol. The van der Waals surface area contributed by atoms with Crippen LogP contribution in [0.5, 0.6) is 0 Å². The molecule has 3 rings (SSSR count). The Bertz CT molecular complexity index is 1050. The molecule has 0 aliphatic rings. The van der Waals surface area contributed by atoms with Crippen molar-refractivity contribution < 1.29 is 18.4 Å². The molecule has 2 N–H and O–H groups in total. The Balaban J connectivity index is 1.55. The highest BCUT2D eigenvalue weighted by molar-refractivity contribution is 5.94. The van der Waals surface area contributed by atoms with Crippen molar-refractivity contribution in [1.29, 1.82) is 0 Å². The van der Waals surface area contributed by atoms with Gasteiger partial charge in [-0.3, -0.25) is 9.59 Å². The standard InChI is InChI=1S/C20H19F2N5O2/c1-12-3-6-15(7-4-12)27-13(2)18(25-26-27)10-19(28)23-11-20(29)24-14-5-8-16(21)17(22)9-14/h3-9H,10-11H2,1-2H3,(H,23,28)(H,24,29). The van der Waals surface area contributed by atoms with Gasteiger partial charge in [0.2, 0.25) is 11.8 Å². The quantitative estimate of drug-likeness (QED) is 0.667. The minimum atomic E-state index is -1.07. The van der Waals surface area contributed by atoms with Crippen molar-refractivity contribution in [2.24, 2.45) is 0 Å². The molecule has 0 fully saturated rings. The van der Waals surface area contributed by atoms with E-state index in [-0.39, 0.29) is 18.7 Å². The Morgan fingerprint density at radius 1 is 1.00 bits per heavy atom. The lowest BCUT2D eigenvalue weighted by atomic mass is 10.2. The third-order valence-electron chi connectivity index (χ3n) is 4.25. The largest absolute Gasteiger partial charge is 0.347 e. The molecule has 29 heavy (non-hydrogen) atoms. The van der Waals surface area contributed by atoms with Crippen molar-refractivity contribution in [1.82, 2.24) is 20.3 Å². The zero-order chi connectivity index (χ0) is 21.0. The Morgan fingerprint density at radius 3 is 2.41 bits per heavy atom. The molecule has 0 saturated heterocycles. The van der Waals surface area contributed by atoms with Gasteiger partial charge in [0.15, 0.2) is 11.6 Å². The summed E-state index contributed by atoms with van der Waals surface area (Å²) in [5, 5.41) is 13.0. The molecule has 0 unspecified atom stereocenters. The average Bonchev–Trinajstić information content (AvgIpc) is 3.04. The van der Waals surface area contributed by atoms with Gasteiger partial charge in [0.25, 0.3) is 0 Å². The van der Waals surface area contributed by atoms with Gasteiger partial charge in [0.05, 0.1) is 30.0 Å². The van der Waals surface area contributed by atoms with Crippen LogP contribution in [0.25, 0.3) is 5.69 Å². The molecule has 0 atom stereocenters. The topological polar surface area (TPSA) is 88.9 Å². The Labute approximate surface area is 165 Å². The maximum absolute atomic E-state index is 13.2. The molecule has 0 spiro atoms. The summed E-state index contributed by atoms with van der Waals surface area (Å²) in [6, 6.07) is 10.7. The molecule has 9 heteroatoms. The third kappa shape index (κ3) is 5.01. The van der Waals surface area contributed by atoms with E-state index in [1.54, 1.807) is 11.6 Å². The fourth-order valence-electron chi connectivity index (χ4n) is 2.63. The lowest BCUT2D eigenvalue weighted by molar-refractivity contribution is -0.123. The fourth-order valence-corrected chi connectivity index (χ4v) is 2.63. The van der Waals surface area contributed by atoms with E-state index in [9.17, 15) is 18.4 Å². The van der Waals surface area contributed by atoms with Gasteiger partial charge in [-0.05, 0) is 38.1 Å². The highest BCUT2D eigenvalue weighted by Crippen LogP contribution is 2.14. The van der Waals surface area contributed by atoms with Crippen LogP contribution in [-0.4, -0.2) is 33.4 Å². The Morgan fingerprint density at radius 2 is 1.72 bits per heavy atom. The first-order valence-corrected chi connectivity index (χ1v) is 8.83. The summed E-state index contributed by atoms with van der Waals surface area (Å²) in [4.78, 5) is 24.0. The van der Waals surface area contributed by atoms with E-state index in [1.807, 2.05) is 31.2 Å². The van der Waals surface area contributed by atoms with E-state index in [4.69, 9.17) is 0 Å². The van der Waals surface area contributed by atoms with Crippen molar-refractivity contribution in [3.63, 3.8) is 0 Å². The molecule has 3 aromatic rings. The first-order valence-electron chi connectivity index (χ1n) is 8.83. The van der Waals surface area contributed by atoms with Crippen LogP contribution in [-0.2, 0) is 16.0 Å². The third-order valence-corrected chi connectivity index (χ3v) is 4.25.